The molecular weight excluding hydrogens is 260 g/mol. The predicted molar refractivity (Wildman–Crippen MR) is 74.8 cm³/mol. The molecule has 0 amide bonds. The van der Waals surface area contributed by atoms with Gasteiger partial charge < -0.3 is 14.5 Å². The molecule has 0 radical (unpaired) electrons. The van der Waals surface area contributed by atoms with Crippen molar-refractivity contribution in [2.75, 3.05) is 14.2 Å². The van der Waals surface area contributed by atoms with Crippen LogP contribution in [0.2, 0.25) is 0 Å². The van der Waals surface area contributed by atoms with Crippen molar-refractivity contribution in [3.63, 3.8) is 0 Å². The topological polar surface area (TPSA) is 84.2 Å². The van der Waals surface area contributed by atoms with Crippen LogP contribution in [0.1, 0.15) is 16.7 Å². The van der Waals surface area contributed by atoms with E-state index in [0.29, 0.717) is 23.5 Å². The number of rotatable bonds is 4. The fourth-order valence-electron chi connectivity index (χ4n) is 1.99. The molecule has 0 fully saturated rings. The third-order valence-electron chi connectivity index (χ3n) is 3.12. The van der Waals surface area contributed by atoms with E-state index in [2.05, 4.69) is 9.97 Å². The van der Waals surface area contributed by atoms with E-state index in [-0.39, 0.29) is 5.56 Å². The van der Waals surface area contributed by atoms with Gasteiger partial charge in [-0.05, 0) is 30.2 Å². The second-order valence-corrected chi connectivity index (χ2v) is 4.41. The second kappa shape index (κ2) is 5.64. The number of methoxy groups -OCH3 is 2. The van der Waals surface area contributed by atoms with Crippen LogP contribution in [-0.4, -0.2) is 24.2 Å². The Labute approximate surface area is 115 Å². The first-order valence-corrected chi connectivity index (χ1v) is 6.07. The molecule has 0 bridgehead atoms. The lowest BCUT2D eigenvalue weighted by Gasteiger charge is -2.12. The lowest BCUT2D eigenvalue weighted by Crippen LogP contribution is -2.24. The van der Waals surface area contributed by atoms with Gasteiger partial charge in [-0.2, -0.15) is 0 Å². The summed E-state index contributed by atoms with van der Waals surface area (Å²) in [5.41, 5.74) is 1.50. The summed E-state index contributed by atoms with van der Waals surface area (Å²) in [5.74, 6) is 1.25. The summed E-state index contributed by atoms with van der Waals surface area (Å²) in [6, 6.07) is 3.69. The number of ether oxygens (including phenoxy) is 2. The van der Waals surface area contributed by atoms with Gasteiger partial charge in [-0.15, -0.1) is 0 Å². The van der Waals surface area contributed by atoms with Crippen LogP contribution in [0.4, 0.5) is 0 Å². The smallest absolute Gasteiger partial charge is 0.325 e. The largest absolute Gasteiger partial charge is 0.493 e. The quantitative estimate of drug-likeness (QED) is 0.871. The number of aryl methyl sites for hydroxylation is 1. The van der Waals surface area contributed by atoms with Gasteiger partial charge in [-0.3, -0.25) is 9.78 Å². The van der Waals surface area contributed by atoms with Crippen molar-refractivity contribution in [2.24, 2.45) is 0 Å². The van der Waals surface area contributed by atoms with E-state index in [9.17, 15) is 9.59 Å². The Morgan fingerprint density at radius 2 is 1.70 bits per heavy atom. The molecule has 0 atom stereocenters. The Hall–Kier alpha value is -2.50. The minimum atomic E-state index is -0.511. The SMILES string of the molecule is COc1cc(C)c(Cc2c[nH]c(=O)[nH]c2=O)cc1OC. The number of nitrogens with one attached hydrogen (secondary N) is 2. The summed E-state index contributed by atoms with van der Waals surface area (Å²) in [7, 11) is 3.13. The molecule has 106 valence electrons. The molecule has 6 heteroatoms. The van der Waals surface area contributed by atoms with Crippen LogP contribution in [0.5, 0.6) is 11.5 Å². The van der Waals surface area contributed by atoms with Gasteiger partial charge in [-0.25, -0.2) is 4.79 Å². The molecule has 2 aromatic rings. The normalized spacial score (nSPS) is 10.3. The highest BCUT2D eigenvalue weighted by Crippen LogP contribution is 2.30. The Morgan fingerprint density at radius 3 is 2.30 bits per heavy atom. The van der Waals surface area contributed by atoms with Gasteiger partial charge in [0.05, 0.1) is 14.2 Å². The van der Waals surface area contributed by atoms with Gasteiger partial charge in [0.1, 0.15) is 0 Å². The third kappa shape index (κ3) is 2.74. The van der Waals surface area contributed by atoms with Gasteiger partial charge in [0.15, 0.2) is 11.5 Å². The van der Waals surface area contributed by atoms with Crippen LogP contribution < -0.4 is 20.7 Å². The van der Waals surface area contributed by atoms with Crippen LogP contribution in [0, 0.1) is 6.92 Å². The maximum Gasteiger partial charge on any atom is 0.325 e. The highest BCUT2D eigenvalue weighted by molar-refractivity contribution is 5.48. The summed E-state index contributed by atoms with van der Waals surface area (Å²) in [6.07, 6.45) is 1.83. The molecule has 0 saturated carbocycles. The van der Waals surface area contributed by atoms with Crippen LogP contribution in [0.25, 0.3) is 0 Å². The molecule has 1 aromatic heterocycles. The van der Waals surface area contributed by atoms with Crippen molar-refractivity contribution >= 4 is 0 Å². The van der Waals surface area contributed by atoms with Crippen LogP contribution >= 0.6 is 0 Å². The van der Waals surface area contributed by atoms with Crippen molar-refractivity contribution in [3.05, 3.63) is 55.9 Å². The average Bonchev–Trinajstić information content (AvgIpc) is 2.43. The lowest BCUT2D eigenvalue weighted by molar-refractivity contribution is 0.354. The molecule has 20 heavy (non-hydrogen) atoms. The molecule has 2 N–H and O–H groups in total. The lowest BCUT2D eigenvalue weighted by atomic mass is 10.0. The zero-order valence-corrected chi connectivity index (χ0v) is 11.6. The Bertz CT molecular complexity index is 731. The molecule has 1 aromatic carbocycles. The van der Waals surface area contributed by atoms with E-state index in [0.717, 1.165) is 11.1 Å². The van der Waals surface area contributed by atoms with Crippen molar-refractivity contribution in [2.45, 2.75) is 13.3 Å². The minimum absolute atomic E-state index is 0.386. The van der Waals surface area contributed by atoms with Crippen molar-refractivity contribution in [1.29, 1.82) is 0 Å². The number of hydrogen-bond acceptors (Lipinski definition) is 4. The summed E-state index contributed by atoms with van der Waals surface area (Å²) in [6.45, 7) is 1.93. The van der Waals surface area contributed by atoms with Crippen LogP contribution in [-0.2, 0) is 6.42 Å². The molecule has 0 aliphatic carbocycles. The molecule has 2 rings (SSSR count). The first-order valence-electron chi connectivity index (χ1n) is 6.07. The van der Waals surface area contributed by atoms with Gasteiger partial charge in [-0.1, -0.05) is 0 Å². The van der Waals surface area contributed by atoms with E-state index < -0.39 is 5.69 Å². The Kier molecular flexibility index (Phi) is 3.93. The molecule has 0 aliphatic rings. The average molecular weight is 276 g/mol. The number of H-pyrrole nitrogens is 2. The predicted octanol–water partition coefficient (Wildman–Crippen LogP) is 0.980. The van der Waals surface area contributed by atoms with Gasteiger partial charge >= 0.3 is 5.69 Å². The van der Waals surface area contributed by atoms with E-state index in [4.69, 9.17) is 9.47 Å². The monoisotopic (exact) mass is 276 g/mol. The van der Waals surface area contributed by atoms with Crippen LogP contribution in [0.3, 0.4) is 0 Å². The fraction of sp³-hybridized carbons (Fsp3) is 0.286. The zero-order chi connectivity index (χ0) is 14.7. The Morgan fingerprint density at radius 1 is 1.05 bits per heavy atom. The first-order chi connectivity index (χ1) is 9.55. The van der Waals surface area contributed by atoms with E-state index in [1.807, 2.05) is 19.1 Å². The van der Waals surface area contributed by atoms with Crippen molar-refractivity contribution < 1.29 is 9.47 Å². The van der Waals surface area contributed by atoms with Gasteiger partial charge in [0.2, 0.25) is 0 Å². The molecular formula is C14H16N2O4. The molecule has 6 nitrogen and oxygen atoms in total. The third-order valence-corrected chi connectivity index (χ3v) is 3.12. The molecule has 0 saturated heterocycles. The highest BCUT2D eigenvalue weighted by atomic mass is 16.5. The standard InChI is InChI=1S/C14H16N2O4/c1-8-4-11(19-2)12(20-3)6-9(8)5-10-7-15-14(18)16-13(10)17/h4,6-7H,5H2,1-3H3,(H2,15,16,17,18). The second-order valence-electron chi connectivity index (χ2n) is 4.41. The first kappa shape index (κ1) is 13.9. The summed E-state index contributed by atoms with van der Waals surface area (Å²) in [4.78, 5) is 27.4. The van der Waals surface area contributed by atoms with Gasteiger partial charge in [0.25, 0.3) is 5.56 Å². The molecule has 0 spiro atoms. The summed E-state index contributed by atoms with van der Waals surface area (Å²) in [5, 5.41) is 0. The number of hydrogen-bond donors (Lipinski definition) is 2. The van der Waals surface area contributed by atoms with E-state index in [1.54, 1.807) is 14.2 Å². The highest BCUT2D eigenvalue weighted by Gasteiger charge is 2.10. The van der Waals surface area contributed by atoms with Crippen molar-refractivity contribution in [3.8, 4) is 11.5 Å². The minimum Gasteiger partial charge on any atom is -0.493 e. The van der Waals surface area contributed by atoms with Crippen LogP contribution in [0.15, 0.2) is 27.9 Å². The van der Waals surface area contributed by atoms with Gasteiger partial charge in [0, 0.05) is 18.2 Å². The van der Waals surface area contributed by atoms with E-state index in [1.165, 1.54) is 6.20 Å². The van der Waals surface area contributed by atoms with Crippen molar-refractivity contribution in [1.82, 2.24) is 9.97 Å². The number of benzene rings is 1. The Balaban J connectivity index is 2.43. The zero-order valence-electron chi connectivity index (χ0n) is 11.6. The fourth-order valence-corrected chi connectivity index (χ4v) is 1.99. The van der Waals surface area contributed by atoms with E-state index >= 15 is 0 Å². The number of aromatic nitrogens is 2. The summed E-state index contributed by atoms with van der Waals surface area (Å²) >= 11 is 0. The molecule has 1 heterocycles. The maximum atomic E-state index is 11.7. The molecule has 0 aliphatic heterocycles. The molecule has 0 unspecified atom stereocenters. The maximum absolute atomic E-state index is 11.7. The number of aromatic amines is 2. The summed E-state index contributed by atoms with van der Waals surface area (Å²) < 4.78 is 10.5.